The van der Waals surface area contributed by atoms with E-state index < -0.39 is 6.23 Å². The lowest BCUT2D eigenvalue weighted by Crippen LogP contribution is -2.63. The van der Waals surface area contributed by atoms with Crippen LogP contribution in [0.25, 0.3) is 0 Å². The summed E-state index contributed by atoms with van der Waals surface area (Å²) in [7, 11) is 4.06. The van der Waals surface area contributed by atoms with E-state index in [2.05, 4.69) is 57.0 Å². The van der Waals surface area contributed by atoms with Gasteiger partial charge in [-0.05, 0) is 45.8 Å². The molecule has 0 spiro atoms. The lowest BCUT2D eigenvalue weighted by molar-refractivity contribution is -0.0547. The van der Waals surface area contributed by atoms with Gasteiger partial charge in [-0.25, -0.2) is 10.4 Å². The number of aliphatic hydroxyl groups is 1. The summed E-state index contributed by atoms with van der Waals surface area (Å²) >= 11 is 0. The molecule has 4 unspecified atom stereocenters. The number of hydrogen-bond acceptors (Lipinski definition) is 5. The monoisotopic (exact) mass is 336 g/mol. The van der Waals surface area contributed by atoms with Crippen molar-refractivity contribution in [1.29, 1.82) is 0 Å². The number of pyridine rings is 1. The number of nitrogens with zero attached hydrogens (tertiary/aromatic N) is 3. The van der Waals surface area contributed by atoms with Gasteiger partial charge in [0.25, 0.3) is 0 Å². The van der Waals surface area contributed by atoms with E-state index in [9.17, 15) is 5.11 Å². The molecule has 0 aliphatic rings. The van der Waals surface area contributed by atoms with E-state index in [1.54, 1.807) is 17.4 Å². The Morgan fingerprint density at radius 1 is 1.29 bits per heavy atom. The molecule has 0 saturated heterocycles. The van der Waals surface area contributed by atoms with Crippen LogP contribution in [-0.2, 0) is 0 Å². The minimum absolute atomic E-state index is 0.00627. The molecule has 138 valence electrons. The second-order valence-corrected chi connectivity index (χ2v) is 7.05. The summed E-state index contributed by atoms with van der Waals surface area (Å²) in [5.41, 5.74) is 4.26. The number of aliphatic hydroxyl groups excluding tert-OH is 1. The van der Waals surface area contributed by atoms with Gasteiger partial charge in [-0.1, -0.05) is 33.3 Å². The SMILES string of the molecule is CCCC(C)C(C)(C(C)NN(C)C(O)c1cccnc1)N(C)CC. The first-order valence-electron chi connectivity index (χ1n) is 9.07. The van der Waals surface area contributed by atoms with Gasteiger partial charge in [0.2, 0.25) is 0 Å². The molecule has 0 aliphatic heterocycles. The highest BCUT2D eigenvalue weighted by Crippen LogP contribution is 2.31. The average Bonchev–Trinajstić information content (AvgIpc) is 2.60. The number of rotatable bonds is 10. The third-order valence-corrected chi connectivity index (χ3v) is 5.64. The zero-order valence-electron chi connectivity index (χ0n) is 16.5. The fourth-order valence-corrected chi connectivity index (χ4v) is 3.46. The molecule has 0 bridgehead atoms. The zero-order chi connectivity index (χ0) is 18.3. The van der Waals surface area contributed by atoms with Crippen LogP contribution in [0.5, 0.6) is 0 Å². The predicted molar refractivity (Wildman–Crippen MR) is 100 cm³/mol. The zero-order valence-corrected chi connectivity index (χ0v) is 16.5. The Kier molecular flexibility index (Phi) is 8.30. The number of hydrogen-bond donors (Lipinski definition) is 2. The molecule has 1 aromatic rings. The highest BCUT2D eigenvalue weighted by Gasteiger charge is 2.40. The van der Waals surface area contributed by atoms with Gasteiger partial charge in [-0.3, -0.25) is 9.88 Å². The molecule has 1 rings (SSSR count). The third-order valence-electron chi connectivity index (χ3n) is 5.64. The van der Waals surface area contributed by atoms with E-state index in [0.717, 1.165) is 12.1 Å². The minimum atomic E-state index is -0.723. The fourth-order valence-electron chi connectivity index (χ4n) is 3.46. The molecule has 5 nitrogen and oxygen atoms in total. The second kappa shape index (κ2) is 9.47. The first kappa shape index (κ1) is 21.0. The van der Waals surface area contributed by atoms with E-state index >= 15 is 0 Å². The molecule has 4 atom stereocenters. The normalized spacial score (nSPS) is 18.4. The number of hydrazine groups is 1. The summed E-state index contributed by atoms with van der Waals surface area (Å²) < 4.78 is 0. The smallest absolute Gasteiger partial charge is 0.147 e. The van der Waals surface area contributed by atoms with Crippen molar-refractivity contribution >= 4 is 0 Å². The van der Waals surface area contributed by atoms with Gasteiger partial charge in [-0.2, -0.15) is 0 Å². The summed E-state index contributed by atoms with van der Waals surface area (Å²) in [5.74, 6) is 0.541. The van der Waals surface area contributed by atoms with Crippen LogP contribution in [-0.4, -0.2) is 52.2 Å². The van der Waals surface area contributed by atoms with Crippen molar-refractivity contribution in [2.24, 2.45) is 5.92 Å². The molecule has 0 saturated carbocycles. The lowest BCUT2D eigenvalue weighted by atomic mass is 9.77. The summed E-state index contributed by atoms with van der Waals surface area (Å²) in [4.78, 5) is 6.50. The van der Waals surface area contributed by atoms with Crippen LogP contribution < -0.4 is 5.43 Å². The quantitative estimate of drug-likeness (QED) is 0.508. The fraction of sp³-hybridized carbons (Fsp3) is 0.737. The van der Waals surface area contributed by atoms with E-state index in [-0.39, 0.29) is 11.6 Å². The Labute approximate surface area is 148 Å². The Hall–Kier alpha value is -1.01. The Morgan fingerprint density at radius 2 is 1.96 bits per heavy atom. The van der Waals surface area contributed by atoms with E-state index in [0.29, 0.717) is 5.92 Å². The molecule has 0 aromatic carbocycles. The van der Waals surface area contributed by atoms with Crippen LogP contribution in [0.3, 0.4) is 0 Å². The molecule has 1 aromatic heterocycles. The molecule has 0 aliphatic carbocycles. The summed E-state index contributed by atoms with van der Waals surface area (Å²) in [6, 6.07) is 3.91. The molecular weight excluding hydrogens is 300 g/mol. The first-order chi connectivity index (χ1) is 11.3. The van der Waals surface area contributed by atoms with Gasteiger partial charge >= 0.3 is 0 Å². The van der Waals surface area contributed by atoms with E-state index in [1.165, 1.54) is 12.8 Å². The molecule has 5 heteroatoms. The van der Waals surface area contributed by atoms with Gasteiger partial charge in [0.05, 0.1) is 0 Å². The van der Waals surface area contributed by atoms with E-state index in [1.807, 2.05) is 19.2 Å². The van der Waals surface area contributed by atoms with Crippen molar-refractivity contribution in [2.45, 2.75) is 65.3 Å². The maximum absolute atomic E-state index is 10.6. The maximum atomic E-state index is 10.6. The van der Waals surface area contributed by atoms with Crippen LogP contribution in [0.1, 0.15) is 59.3 Å². The van der Waals surface area contributed by atoms with Crippen LogP contribution in [0.2, 0.25) is 0 Å². The largest absolute Gasteiger partial charge is 0.373 e. The summed E-state index contributed by atoms with van der Waals surface area (Å²) in [5, 5.41) is 12.3. The molecule has 1 heterocycles. The van der Waals surface area contributed by atoms with Crippen molar-refractivity contribution in [3.63, 3.8) is 0 Å². The van der Waals surface area contributed by atoms with Crippen LogP contribution in [0.15, 0.2) is 24.5 Å². The molecular formula is C19H36N4O. The number of nitrogens with one attached hydrogen (secondary N) is 1. The molecule has 0 fully saturated rings. The topological polar surface area (TPSA) is 51.6 Å². The Balaban J connectivity index is 2.89. The molecule has 2 N–H and O–H groups in total. The molecule has 0 radical (unpaired) electrons. The predicted octanol–water partition coefficient (Wildman–Crippen LogP) is 3.04. The van der Waals surface area contributed by atoms with Crippen molar-refractivity contribution < 1.29 is 5.11 Å². The summed E-state index contributed by atoms with van der Waals surface area (Å²) in [6.45, 7) is 12.3. The number of aromatic nitrogens is 1. The Bertz CT molecular complexity index is 470. The second-order valence-electron chi connectivity index (χ2n) is 7.05. The van der Waals surface area contributed by atoms with Crippen LogP contribution in [0, 0.1) is 5.92 Å². The van der Waals surface area contributed by atoms with Gasteiger partial charge in [0.1, 0.15) is 6.23 Å². The average molecular weight is 337 g/mol. The lowest BCUT2D eigenvalue weighted by Gasteiger charge is -2.49. The van der Waals surface area contributed by atoms with Crippen LogP contribution in [0.4, 0.5) is 0 Å². The molecule has 24 heavy (non-hydrogen) atoms. The van der Waals surface area contributed by atoms with Crippen molar-refractivity contribution in [3.8, 4) is 0 Å². The number of likely N-dealkylation sites (N-methyl/N-ethyl adjacent to an activating group) is 1. The maximum Gasteiger partial charge on any atom is 0.147 e. The highest BCUT2D eigenvalue weighted by molar-refractivity contribution is 5.11. The van der Waals surface area contributed by atoms with E-state index in [4.69, 9.17) is 0 Å². The third kappa shape index (κ3) is 4.76. The highest BCUT2D eigenvalue weighted by atomic mass is 16.3. The van der Waals surface area contributed by atoms with Crippen LogP contribution >= 0.6 is 0 Å². The summed E-state index contributed by atoms with van der Waals surface area (Å²) in [6.07, 6.45) is 5.05. The van der Waals surface area contributed by atoms with Crippen molar-refractivity contribution in [2.75, 3.05) is 20.6 Å². The first-order valence-corrected chi connectivity index (χ1v) is 9.07. The Morgan fingerprint density at radius 3 is 2.46 bits per heavy atom. The van der Waals surface area contributed by atoms with Gasteiger partial charge in [0.15, 0.2) is 0 Å². The van der Waals surface area contributed by atoms with Gasteiger partial charge in [-0.15, -0.1) is 0 Å². The molecule has 0 amide bonds. The van der Waals surface area contributed by atoms with Crippen molar-refractivity contribution in [1.82, 2.24) is 20.3 Å². The minimum Gasteiger partial charge on any atom is -0.373 e. The van der Waals surface area contributed by atoms with Crippen molar-refractivity contribution in [3.05, 3.63) is 30.1 Å². The van der Waals surface area contributed by atoms with Gasteiger partial charge in [0, 0.05) is 36.6 Å². The standard InChI is InChI=1S/C19H36N4O/c1-8-11-15(3)19(5,22(6)9-2)16(4)21-23(7)18(24)17-12-10-13-20-14-17/h10,12-16,18,21,24H,8-9,11H2,1-7H3. The van der Waals surface area contributed by atoms with Gasteiger partial charge < -0.3 is 5.11 Å².